The number of rotatable bonds is 7. The predicted octanol–water partition coefficient (Wildman–Crippen LogP) is 3.89. The Kier molecular flexibility index (Phi) is 5.47. The van der Waals surface area contributed by atoms with Crippen LogP contribution in [0.3, 0.4) is 0 Å². The first-order chi connectivity index (χ1) is 12.6. The van der Waals surface area contributed by atoms with Gasteiger partial charge in [-0.3, -0.25) is 5.10 Å². The lowest BCUT2D eigenvalue weighted by Gasteiger charge is -2.12. The Balaban J connectivity index is 1.78. The van der Waals surface area contributed by atoms with Gasteiger partial charge in [0.2, 0.25) is 5.95 Å². The third-order valence-electron chi connectivity index (χ3n) is 3.38. The first-order valence-corrected chi connectivity index (χ1v) is 8.08. The van der Waals surface area contributed by atoms with Crippen molar-refractivity contribution in [2.24, 2.45) is 0 Å². The van der Waals surface area contributed by atoms with Gasteiger partial charge < -0.3 is 15.4 Å². The van der Waals surface area contributed by atoms with Gasteiger partial charge in [0.25, 0.3) is 0 Å². The fourth-order valence-corrected chi connectivity index (χ4v) is 2.33. The predicted molar refractivity (Wildman–Crippen MR) is 93.8 cm³/mol. The Labute approximate surface area is 152 Å². The molecule has 2 aromatic heterocycles. The first-order valence-electron chi connectivity index (χ1n) is 7.70. The molecule has 0 aliphatic heterocycles. The van der Waals surface area contributed by atoms with Crippen molar-refractivity contribution >= 4 is 29.1 Å². The van der Waals surface area contributed by atoms with Crippen molar-refractivity contribution in [2.45, 2.75) is 13.5 Å². The molecule has 7 nitrogen and oxygen atoms in total. The molecule has 26 heavy (non-hydrogen) atoms. The number of hydrogen-bond acceptors (Lipinski definition) is 6. The standard InChI is InChI=1S/C16H15ClF2N6O/c1-2-26-13-4-3-12(18)10(14(13)19)7-20-15-11(17)8-21-16(25-15)24-9-5-22-23-6-9/h3-6,8H,2,7H2,1H3,(H,22,23)(H2,20,21,24,25). The minimum absolute atomic E-state index is 0.0122. The highest BCUT2D eigenvalue weighted by Crippen LogP contribution is 2.26. The molecule has 136 valence electrons. The monoisotopic (exact) mass is 380 g/mol. The van der Waals surface area contributed by atoms with Crippen LogP contribution in [0.15, 0.2) is 30.7 Å². The van der Waals surface area contributed by atoms with Crippen molar-refractivity contribution in [3.8, 4) is 5.75 Å². The Morgan fingerprint density at radius 3 is 2.85 bits per heavy atom. The van der Waals surface area contributed by atoms with E-state index in [1.807, 2.05) is 0 Å². The van der Waals surface area contributed by atoms with Gasteiger partial charge in [0.15, 0.2) is 17.4 Å². The van der Waals surface area contributed by atoms with E-state index < -0.39 is 11.6 Å². The molecular formula is C16H15ClF2N6O. The van der Waals surface area contributed by atoms with Crippen LogP contribution in [0.5, 0.6) is 5.75 Å². The van der Waals surface area contributed by atoms with Crippen molar-refractivity contribution < 1.29 is 13.5 Å². The van der Waals surface area contributed by atoms with E-state index in [-0.39, 0.29) is 41.3 Å². The number of aromatic amines is 1. The van der Waals surface area contributed by atoms with Crippen LogP contribution in [-0.4, -0.2) is 26.8 Å². The number of benzene rings is 1. The zero-order valence-electron chi connectivity index (χ0n) is 13.7. The van der Waals surface area contributed by atoms with Crippen LogP contribution in [0.4, 0.5) is 26.2 Å². The maximum absolute atomic E-state index is 14.4. The van der Waals surface area contributed by atoms with E-state index in [4.69, 9.17) is 16.3 Å². The molecule has 3 N–H and O–H groups in total. The molecule has 10 heteroatoms. The molecule has 3 rings (SSSR count). The van der Waals surface area contributed by atoms with Crippen LogP contribution in [-0.2, 0) is 6.54 Å². The lowest BCUT2D eigenvalue weighted by molar-refractivity contribution is 0.318. The third kappa shape index (κ3) is 3.99. The van der Waals surface area contributed by atoms with Gasteiger partial charge in [-0.05, 0) is 19.1 Å². The third-order valence-corrected chi connectivity index (χ3v) is 3.66. The van der Waals surface area contributed by atoms with Gasteiger partial charge in [0, 0.05) is 18.3 Å². The van der Waals surface area contributed by atoms with Crippen LogP contribution < -0.4 is 15.4 Å². The van der Waals surface area contributed by atoms with Crippen LogP contribution in [0.25, 0.3) is 0 Å². The van der Waals surface area contributed by atoms with E-state index in [2.05, 4.69) is 30.8 Å². The first kappa shape index (κ1) is 17.9. The molecule has 3 aromatic rings. The normalized spacial score (nSPS) is 10.6. The Morgan fingerprint density at radius 1 is 1.27 bits per heavy atom. The van der Waals surface area contributed by atoms with E-state index in [0.29, 0.717) is 5.69 Å². The lowest BCUT2D eigenvalue weighted by Crippen LogP contribution is -2.09. The zero-order valence-corrected chi connectivity index (χ0v) is 14.4. The summed E-state index contributed by atoms with van der Waals surface area (Å²) in [6, 6.07) is 2.40. The molecule has 0 radical (unpaired) electrons. The zero-order chi connectivity index (χ0) is 18.5. The molecule has 0 amide bonds. The largest absolute Gasteiger partial charge is 0.491 e. The summed E-state index contributed by atoms with van der Waals surface area (Å²) in [5, 5.41) is 12.4. The van der Waals surface area contributed by atoms with E-state index >= 15 is 0 Å². The molecule has 0 unspecified atom stereocenters. The van der Waals surface area contributed by atoms with Crippen molar-refractivity contribution in [3.63, 3.8) is 0 Å². The summed E-state index contributed by atoms with van der Waals surface area (Å²) < 4.78 is 33.5. The molecule has 0 saturated heterocycles. The summed E-state index contributed by atoms with van der Waals surface area (Å²) in [6.07, 6.45) is 4.55. The molecule has 0 atom stereocenters. The van der Waals surface area contributed by atoms with Crippen LogP contribution in [0.1, 0.15) is 12.5 Å². The maximum Gasteiger partial charge on any atom is 0.229 e. The summed E-state index contributed by atoms with van der Waals surface area (Å²) in [4.78, 5) is 8.24. The molecule has 1 aromatic carbocycles. The van der Waals surface area contributed by atoms with Gasteiger partial charge in [0.1, 0.15) is 10.8 Å². The van der Waals surface area contributed by atoms with E-state index in [9.17, 15) is 8.78 Å². The molecule has 0 aliphatic rings. The molecule has 0 bridgehead atoms. The summed E-state index contributed by atoms with van der Waals surface area (Å²) >= 11 is 6.06. The summed E-state index contributed by atoms with van der Waals surface area (Å²) in [6.45, 7) is 1.83. The number of hydrogen-bond donors (Lipinski definition) is 3. The van der Waals surface area contributed by atoms with Gasteiger partial charge in [0.05, 0.1) is 24.7 Å². The maximum atomic E-state index is 14.4. The second-order valence-electron chi connectivity index (χ2n) is 5.13. The van der Waals surface area contributed by atoms with Crippen LogP contribution in [0, 0.1) is 11.6 Å². The van der Waals surface area contributed by atoms with Crippen molar-refractivity contribution in [1.82, 2.24) is 20.2 Å². The summed E-state index contributed by atoms with van der Waals surface area (Å²) in [7, 11) is 0. The van der Waals surface area contributed by atoms with Crippen molar-refractivity contribution in [3.05, 3.63) is 52.9 Å². The lowest BCUT2D eigenvalue weighted by atomic mass is 10.2. The van der Waals surface area contributed by atoms with Crippen molar-refractivity contribution in [1.29, 1.82) is 0 Å². The van der Waals surface area contributed by atoms with Crippen LogP contribution in [0.2, 0.25) is 5.02 Å². The van der Waals surface area contributed by atoms with Gasteiger partial charge in [-0.15, -0.1) is 0 Å². The average Bonchev–Trinajstić information content (AvgIpc) is 3.13. The number of H-pyrrole nitrogens is 1. The Morgan fingerprint density at radius 2 is 2.12 bits per heavy atom. The molecule has 0 saturated carbocycles. The number of aromatic nitrogens is 4. The molecule has 0 aliphatic carbocycles. The van der Waals surface area contributed by atoms with Gasteiger partial charge in [-0.1, -0.05) is 11.6 Å². The molecular weight excluding hydrogens is 366 g/mol. The van der Waals surface area contributed by atoms with Gasteiger partial charge in [-0.2, -0.15) is 10.1 Å². The number of ether oxygens (including phenoxy) is 1. The Hall–Kier alpha value is -2.94. The van der Waals surface area contributed by atoms with Crippen LogP contribution >= 0.6 is 11.6 Å². The fourth-order valence-electron chi connectivity index (χ4n) is 2.18. The minimum Gasteiger partial charge on any atom is -0.491 e. The van der Waals surface area contributed by atoms with Crippen molar-refractivity contribution in [2.75, 3.05) is 17.2 Å². The number of nitrogens with zero attached hydrogens (tertiary/aromatic N) is 3. The highest BCUT2D eigenvalue weighted by Gasteiger charge is 2.15. The second-order valence-corrected chi connectivity index (χ2v) is 5.53. The molecule has 0 spiro atoms. The average molecular weight is 381 g/mol. The fraction of sp³-hybridized carbons (Fsp3) is 0.188. The Bertz CT molecular complexity index is 891. The number of nitrogens with one attached hydrogen (secondary N) is 3. The van der Waals surface area contributed by atoms with Gasteiger partial charge >= 0.3 is 0 Å². The summed E-state index contributed by atoms with van der Waals surface area (Å²) in [5.74, 6) is -0.987. The summed E-state index contributed by atoms with van der Waals surface area (Å²) in [5.41, 5.74) is 0.481. The number of halogens is 3. The van der Waals surface area contributed by atoms with Gasteiger partial charge in [-0.25, -0.2) is 13.8 Å². The molecule has 0 fully saturated rings. The van der Waals surface area contributed by atoms with E-state index in [1.165, 1.54) is 12.3 Å². The quantitative estimate of drug-likeness (QED) is 0.576. The minimum atomic E-state index is -0.763. The smallest absolute Gasteiger partial charge is 0.229 e. The highest BCUT2D eigenvalue weighted by molar-refractivity contribution is 6.32. The van der Waals surface area contributed by atoms with E-state index in [1.54, 1.807) is 19.3 Å². The molecule has 2 heterocycles. The topological polar surface area (TPSA) is 87.8 Å². The highest BCUT2D eigenvalue weighted by atomic mass is 35.5. The second kappa shape index (κ2) is 7.96. The van der Waals surface area contributed by atoms with E-state index in [0.717, 1.165) is 6.07 Å². The number of anilines is 3. The SMILES string of the molecule is CCOc1ccc(F)c(CNc2nc(Nc3cn[nH]c3)ncc2Cl)c1F.